The van der Waals surface area contributed by atoms with E-state index in [0.717, 1.165) is 42.4 Å². The number of nitrogens with zero attached hydrogens (tertiary/aromatic N) is 1. The summed E-state index contributed by atoms with van der Waals surface area (Å²) in [5.41, 5.74) is 0.835. The number of carbonyl (C=O) groups is 1. The first-order chi connectivity index (χ1) is 11.3. The van der Waals surface area contributed by atoms with Gasteiger partial charge in [-0.2, -0.15) is 0 Å². The molecule has 144 valence electrons. The van der Waals surface area contributed by atoms with Crippen LogP contribution in [0.25, 0.3) is 0 Å². The Balaban J connectivity index is 0.000000465. The minimum absolute atomic E-state index is 0. The molecule has 1 aliphatic heterocycles. The van der Waals surface area contributed by atoms with Crippen molar-refractivity contribution in [2.75, 3.05) is 26.7 Å². The molecule has 0 spiro atoms. The van der Waals surface area contributed by atoms with Crippen LogP contribution >= 0.6 is 17.0 Å². The zero-order valence-electron chi connectivity index (χ0n) is 16.0. The Morgan fingerprint density at radius 3 is 2.16 bits per heavy atom. The number of piperidine rings is 1. The molecule has 1 aromatic carbocycles. The summed E-state index contributed by atoms with van der Waals surface area (Å²) in [6.07, 6.45) is 2.81. The van der Waals surface area contributed by atoms with Gasteiger partial charge in [-0.3, -0.25) is 0 Å². The first kappa shape index (κ1) is 24.1. The average molecular weight is 416 g/mol. The number of hydrogen-bond acceptors (Lipinski definition) is 3. The summed E-state index contributed by atoms with van der Waals surface area (Å²) in [6, 6.07) is 9.27. The van der Waals surface area contributed by atoms with Gasteiger partial charge in [0, 0.05) is 24.7 Å². The highest BCUT2D eigenvalue weighted by Gasteiger charge is 2.26. The predicted molar refractivity (Wildman–Crippen MR) is 106 cm³/mol. The zero-order chi connectivity index (χ0) is 18.2. The number of carbonyl (C=O) groups excluding carboxylic acids is 1. The van der Waals surface area contributed by atoms with Crippen molar-refractivity contribution >= 4 is 23.0 Å². The molecule has 25 heavy (non-hydrogen) atoms. The van der Waals surface area contributed by atoms with Crippen molar-refractivity contribution in [1.82, 2.24) is 0 Å². The number of carboxylic acids is 1. The second kappa shape index (κ2) is 11.7. The Labute approximate surface area is 163 Å². The van der Waals surface area contributed by atoms with Crippen LogP contribution in [-0.2, 0) is 4.79 Å². The van der Waals surface area contributed by atoms with Crippen molar-refractivity contribution in [3.05, 3.63) is 35.9 Å². The van der Waals surface area contributed by atoms with E-state index in [9.17, 15) is 15.0 Å². The second-order valence-electron chi connectivity index (χ2n) is 7.21. The highest BCUT2D eigenvalue weighted by molar-refractivity contribution is 8.93. The minimum Gasteiger partial charge on any atom is -0.549 e. The predicted octanol–water partition coefficient (Wildman–Crippen LogP) is 2.75. The van der Waals surface area contributed by atoms with Crippen molar-refractivity contribution in [3.63, 3.8) is 0 Å². The third kappa shape index (κ3) is 7.89. The number of aliphatic hydroxyl groups excluding tert-OH is 1. The van der Waals surface area contributed by atoms with Gasteiger partial charge >= 0.3 is 0 Å². The van der Waals surface area contributed by atoms with Crippen LogP contribution in [0.1, 0.15) is 51.5 Å². The molecule has 1 fully saturated rings. The van der Waals surface area contributed by atoms with E-state index in [1.165, 1.54) is 6.54 Å². The van der Waals surface area contributed by atoms with E-state index in [1.807, 2.05) is 44.2 Å². The fourth-order valence-electron chi connectivity index (χ4n) is 3.09. The molecular formula is C20H34BrNO3. The second-order valence-corrected chi connectivity index (χ2v) is 7.21. The summed E-state index contributed by atoms with van der Waals surface area (Å²) < 4.78 is 1.15. The van der Waals surface area contributed by atoms with E-state index in [1.54, 1.807) is 0 Å². The molecule has 1 heterocycles. The molecule has 0 saturated carbocycles. The maximum Gasteiger partial charge on any atom is 0.0809 e. The van der Waals surface area contributed by atoms with Gasteiger partial charge in [0.05, 0.1) is 32.8 Å². The van der Waals surface area contributed by atoms with Crippen LogP contribution < -0.4 is 5.11 Å². The maximum absolute atomic E-state index is 11.0. The average Bonchev–Trinajstić information content (AvgIpc) is 2.59. The number of hydrogen-bond donors (Lipinski definition) is 1. The normalized spacial score (nSPS) is 24.9. The third-order valence-corrected chi connectivity index (χ3v) is 5.39. The van der Waals surface area contributed by atoms with Gasteiger partial charge in [-0.25, -0.2) is 0 Å². The molecule has 2 atom stereocenters. The number of carboxylic acid groups (broad SMARTS) is 1. The van der Waals surface area contributed by atoms with Crippen LogP contribution in [0.5, 0.6) is 0 Å². The van der Waals surface area contributed by atoms with Gasteiger partial charge in [0.25, 0.3) is 0 Å². The van der Waals surface area contributed by atoms with E-state index < -0.39 is 11.9 Å². The minimum atomic E-state index is -0.981. The van der Waals surface area contributed by atoms with Crippen LogP contribution in [0.3, 0.4) is 0 Å². The lowest BCUT2D eigenvalue weighted by atomic mass is 9.86. The Hall–Kier alpha value is -0.910. The van der Waals surface area contributed by atoms with Crippen molar-refractivity contribution < 1.29 is 19.5 Å². The summed E-state index contributed by atoms with van der Waals surface area (Å²) >= 11 is 0. The molecule has 0 amide bonds. The van der Waals surface area contributed by atoms with E-state index in [4.69, 9.17) is 0 Å². The molecule has 4 nitrogen and oxygen atoms in total. The van der Waals surface area contributed by atoms with E-state index in [0.29, 0.717) is 0 Å². The lowest BCUT2D eigenvalue weighted by Crippen LogP contribution is -2.50. The third-order valence-electron chi connectivity index (χ3n) is 5.39. The van der Waals surface area contributed by atoms with Crippen LogP contribution in [-0.4, -0.2) is 48.3 Å². The summed E-state index contributed by atoms with van der Waals surface area (Å²) in [7, 11) is 2.27. The standard InChI is InChI=1S/C12H16O2.C8H18NO.BrH/c1-3-9(2)11(12(13)14)10-7-5-4-6-8-10;1-3-9(2)6-4-8(10)5-7-9;/h4-9,11H,3H2,1-2H3,(H,13,14);8,10H,3-7H2,1-2H3;1H/q;+1;/p-1. The number of quaternary nitrogens is 1. The molecule has 0 aromatic heterocycles. The van der Waals surface area contributed by atoms with Crippen LogP contribution in [0.4, 0.5) is 0 Å². The highest BCUT2D eigenvalue weighted by Crippen LogP contribution is 2.26. The monoisotopic (exact) mass is 415 g/mol. The van der Waals surface area contributed by atoms with E-state index >= 15 is 0 Å². The summed E-state index contributed by atoms with van der Waals surface area (Å²) in [4.78, 5) is 11.0. The number of likely N-dealkylation sites (tertiary alicyclic amines) is 1. The number of rotatable bonds is 5. The number of halogens is 1. The molecule has 1 aromatic rings. The molecule has 0 aliphatic carbocycles. The van der Waals surface area contributed by atoms with Crippen molar-refractivity contribution in [1.29, 1.82) is 0 Å². The van der Waals surface area contributed by atoms with Crippen molar-refractivity contribution in [2.24, 2.45) is 5.92 Å². The van der Waals surface area contributed by atoms with Gasteiger partial charge in [0.1, 0.15) is 0 Å². The Bertz CT molecular complexity index is 487. The van der Waals surface area contributed by atoms with Crippen LogP contribution in [0.2, 0.25) is 0 Å². The van der Waals surface area contributed by atoms with Gasteiger partial charge in [-0.15, -0.1) is 17.0 Å². The number of aliphatic hydroxyl groups is 1. The van der Waals surface area contributed by atoms with Gasteiger partial charge < -0.3 is 19.5 Å². The molecule has 2 unspecified atom stereocenters. The van der Waals surface area contributed by atoms with Gasteiger partial charge in [0.2, 0.25) is 0 Å². The number of aliphatic carboxylic acids is 1. The zero-order valence-corrected chi connectivity index (χ0v) is 17.7. The molecule has 0 radical (unpaired) electrons. The van der Waals surface area contributed by atoms with E-state index in [-0.39, 0.29) is 29.0 Å². The fourth-order valence-corrected chi connectivity index (χ4v) is 3.09. The lowest BCUT2D eigenvalue weighted by Gasteiger charge is -2.38. The summed E-state index contributed by atoms with van der Waals surface area (Å²) in [6.45, 7) is 9.65. The molecule has 2 rings (SSSR count). The molecule has 5 heteroatoms. The van der Waals surface area contributed by atoms with Gasteiger partial charge in [0.15, 0.2) is 0 Å². The molecule has 0 bridgehead atoms. The maximum atomic E-state index is 11.0. The fraction of sp³-hybridized carbons (Fsp3) is 0.650. The summed E-state index contributed by atoms with van der Waals surface area (Å²) in [5, 5.41) is 20.2. The molecule has 1 aliphatic rings. The largest absolute Gasteiger partial charge is 0.549 e. The smallest absolute Gasteiger partial charge is 0.0809 e. The van der Waals surface area contributed by atoms with Crippen molar-refractivity contribution in [3.8, 4) is 0 Å². The Morgan fingerprint density at radius 2 is 1.76 bits per heavy atom. The quantitative estimate of drug-likeness (QED) is 0.751. The summed E-state index contributed by atoms with van der Waals surface area (Å²) in [5.74, 6) is -1.35. The topological polar surface area (TPSA) is 60.4 Å². The SMILES string of the molecule is Br.CCC(C)C(C(=O)[O-])c1ccccc1.CC[N+]1(C)CCC(O)CC1. The Morgan fingerprint density at radius 1 is 1.24 bits per heavy atom. The number of benzene rings is 1. The van der Waals surface area contributed by atoms with Crippen LogP contribution in [0.15, 0.2) is 30.3 Å². The van der Waals surface area contributed by atoms with Crippen LogP contribution in [0, 0.1) is 5.92 Å². The molecular weight excluding hydrogens is 382 g/mol. The highest BCUT2D eigenvalue weighted by atomic mass is 79.9. The molecule has 1 N–H and O–H groups in total. The van der Waals surface area contributed by atoms with E-state index in [2.05, 4.69) is 14.0 Å². The van der Waals surface area contributed by atoms with Gasteiger partial charge in [-0.05, 0) is 18.4 Å². The van der Waals surface area contributed by atoms with Gasteiger partial charge in [-0.1, -0.05) is 50.6 Å². The first-order valence-electron chi connectivity index (χ1n) is 9.10. The molecule has 1 saturated heterocycles. The first-order valence-corrected chi connectivity index (χ1v) is 9.10. The van der Waals surface area contributed by atoms with Crippen molar-refractivity contribution in [2.45, 2.75) is 52.1 Å². The lowest BCUT2D eigenvalue weighted by molar-refractivity contribution is -0.913. The Kier molecular flexibility index (Phi) is 11.2.